The maximum Gasteiger partial charge on any atom is 0.317 e. The van der Waals surface area contributed by atoms with Crippen LogP contribution < -0.4 is 5.32 Å². The van der Waals surface area contributed by atoms with E-state index < -0.39 is 0 Å². The van der Waals surface area contributed by atoms with Crippen LogP contribution in [0.15, 0.2) is 36.8 Å². The molecule has 1 fully saturated rings. The van der Waals surface area contributed by atoms with Crippen LogP contribution in [-0.2, 0) is 13.5 Å². The molecule has 23 heavy (non-hydrogen) atoms. The quantitative estimate of drug-likeness (QED) is 0.941. The number of nitrogens with one attached hydrogen (secondary N) is 1. The molecule has 2 aromatic heterocycles. The highest BCUT2D eigenvalue weighted by atomic mass is 16.2. The van der Waals surface area contributed by atoms with E-state index in [-0.39, 0.29) is 12.1 Å². The lowest BCUT2D eigenvalue weighted by Crippen LogP contribution is -2.40. The molecule has 3 heterocycles. The minimum absolute atomic E-state index is 0.00293. The molecule has 2 amide bonds. The van der Waals surface area contributed by atoms with Crippen molar-refractivity contribution >= 4 is 6.03 Å². The Kier molecular flexibility index (Phi) is 4.60. The van der Waals surface area contributed by atoms with Crippen molar-refractivity contribution in [2.75, 3.05) is 13.1 Å². The average Bonchev–Trinajstić information content (AvgIpc) is 3.18. The number of urea groups is 1. The lowest BCUT2D eigenvalue weighted by molar-refractivity contribution is 0.203. The number of carbonyl (C=O) groups is 1. The molecule has 2 atom stereocenters. The monoisotopic (exact) mass is 313 g/mol. The standard InChI is InChI=1S/C17H23N5O/c1-13(16-5-3-4-7-18-16)20-17(23)22-8-6-14(12-22)9-15-10-19-21(2)11-15/h3-5,7,10-11,13-14H,6,8-9,12H2,1-2H3,(H,20,23)/t13-,14-/m0/s1. The van der Waals surface area contributed by atoms with Gasteiger partial charge in [0.15, 0.2) is 0 Å². The minimum Gasteiger partial charge on any atom is -0.330 e. The van der Waals surface area contributed by atoms with Crippen LogP contribution >= 0.6 is 0 Å². The van der Waals surface area contributed by atoms with Crippen LogP contribution in [-0.4, -0.2) is 38.8 Å². The van der Waals surface area contributed by atoms with Crippen molar-refractivity contribution in [1.29, 1.82) is 0 Å². The number of aryl methyl sites for hydroxylation is 1. The molecule has 0 aromatic carbocycles. The summed E-state index contributed by atoms with van der Waals surface area (Å²) in [5.74, 6) is 0.509. The van der Waals surface area contributed by atoms with Crippen LogP contribution in [0.4, 0.5) is 4.79 Å². The molecular formula is C17H23N5O. The summed E-state index contributed by atoms with van der Waals surface area (Å²) in [5, 5.41) is 7.24. The summed E-state index contributed by atoms with van der Waals surface area (Å²) in [6.45, 7) is 3.57. The molecule has 0 unspecified atom stereocenters. The van der Waals surface area contributed by atoms with Gasteiger partial charge in [0, 0.05) is 32.5 Å². The minimum atomic E-state index is -0.0823. The Hall–Kier alpha value is -2.37. The number of likely N-dealkylation sites (tertiary alicyclic amines) is 1. The van der Waals surface area contributed by atoms with Gasteiger partial charge in [0.1, 0.15) is 0 Å². The summed E-state index contributed by atoms with van der Waals surface area (Å²) in [6, 6.07) is 5.66. The second-order valence-corrected chi connectivity index (χ2v) is 6.25. The highest BCUT2D eigenvalue weighted by molar-refractivity contribution is 5.74. The fourth-order valence-electron chi connectivity index (χ4n) is 3.08. The zero-order valence-corrected chi connectivity index (χ0v) is 13.6. The van der Waals surface area contributed by atoms with E-state index in [4.69, 9.17) is 0 Å². The van der Waals surface area contributed by atoms with Crippen LogP contribution in [0.25, 0.3) is 0 Å². The van der Waals surface area contributed by atoms with Crippen molar-refractivity contribution in [3.8, 4) is 0 Å². The summed E-state index contributed by atoms with van der Waals surface area (Å²) in [7, 11) is 1.93. The number of rotatable bonds is 4. The van der Waals surface area contributed by atoms with E-state index in [1.807, 2.05) is 54.1 Å². The Morgan fingerprint density at radius 1 is 1.48 bits per heavy atom. The number of carbonyl (C=O) groups excluding carboxylic acids is 1. The summed E-state index contributed by atoms with van der Waals surface area (Å²) < 4.78 is 1.82. The number of hydrogen-bond donors (Lipinski definition) is 1. The molecule has 0 bridgehead atoms. The number of aromatic nitrogens is 3. The van der Waals surface area contributed by atoms with Crippen LogP contribution in [0, 0.1) is 5.92 Å². The zero-order valence-electron chi connectivity index (χ0n) is 13.6. The van der Waals surface area contributed by atoms with E-state index in [0.717, 1.165) is 31.6 Å². The van der Waals surface area contributed by atoms with Gasteiger partial charge >= 0.3 is 6.03 Å². The molecule has 6 heteroatoms. The summed E-state index contributed by atoms with van der Waals surface area (Å²) in [4.78, 5) is 18.6. The van der Waals surface area contributed by atoms with Crippen LogP contribution in [0.2, 0.25) is 0 Å². The maximum atomic E-state index is 12.4. The maximum absolute atomic E-state index is 12.4. The smallest absolute Gasteiger partial charge is 0.317 e. The SMILES string of the molecule is C[C@H](NC(=O)N1CC[C@@H](Cc2cnn(C)c2)C1)c1ccccn1. The fraction of sp³-hybridized carbons (Fsp3) is 0.471. The Balaban J connectivity index is 1.51. The molecule has 1 aliphatic rings. The predicted octanol–water partition coefficient (Wildman–Crippen LogP) is 2.15. The van der Waals surface area contributed by atoms with Gasteiger partial charge in [-0.3, -0.25) is 9.67 Å². The Bertz CT molecular complexity index is 654. The van der Waals surface area contributed by atoms with Gasteiger partial charge in [-0.25, -0.2) is 4.79 Å². The molecule has 0 saturated carbocycles. The van der Waals surface area contributed by atoms with E-state index in [2.05, 4.69) is 15.4 Å². The molecular weight excluding hydrogens is 290 g/mol. The third kappa shape index (κ3) is 3.88. The van der Waals surface area contributed by atoms with Crippen molar-refractivity contribution in [1.82, 2.24) is 25.0 Å². The topological polar surface area (TPSA) is 63.1 Å². The highest BCUT2D eigenvalue weighted by Crippen LogP contribution is 2.21. The predicted molar refractivity (Wildman–Crippen MR) is 87.8 cm³/mol. The van der Waals surface area contributed by atoms with Gasteiger partial charge in [-0.15, -0.1) is 0 Å². The second kappa shape index (κ2) is 6.81. The van der Waals surface area contributed by atoms with Gasteiger partial charge in [0.2, 0.25) is 0 Å². The van der Waals surface area contributed by atoms with E-state index in [1.165, 1.54) is 5.56 Å². The van der Waals surface area contributed by atoms with E-state index in [0.29, 0.717) is 5.92 Å². The molecule has 3 rings (SSSR count). The summed E-state index contributed by atoms with van der Waals surface area (Å²) >= 11 is 0. The molecule has 1 N–H and O–H groups in total. The first-order chi connectivity index (χ1) is 11.1. The van der Waals surface area contributed by atoms with E-state index in [1.54, 1.807) is 6.20 Å². The number of hydrogen-bond acceptors (Lipinski definition) is 3. The van der Waals surface area contributed by atoms with Gasteiger partial charge in [-0.05, 0) is 43.4 Å². The molecule has 0 radical (unpaired) electrons. The lowest BCUT2D eigenvalue weighted by Gasteiger charge is -2.20. The normalized spacial score (nSPS) is 18.9. The zero-order chi connectivity index (χ0) is 16.2. The van der Waals surface area contributed by atoms with Crippen molar-refractivity contribution < 1.29 is 4.79 Å². The van der Waals surface area contributed by atoms with Gasteiger partial charge in [0.25, 0.3) is 0 Å². The fourth-order valence-corrected chi connectivity index (χ4v) is 3.08. The van der Waals surface area contributed by atoms with E-state index in [9.17, 15) is 4.79 Å². The third-order valence-electron chi connectivity index (χ3n) is 4.33. The lowest BCUT2D eigenvalue weighted by atomic mass is 10.0. The Morgan fingerprint density at radius 2 is 2.35 bits per heavy atom. The first-order valence-electron chi connectivity index (χ1n) is 8.05. The number of pyridine rings is 1. The molecule has 1 saturated heterocycles. The molecule has 0 aliphatic carbocycles. The van der Waals surface area contributed by atoms with Crippen LogP contribution in [0.5, 0.6) is 0 Å². The first kappa shape index (κ1) is 15.5. The number of amides is 2. The molecule has 6 nitrogen and oxygen atoms in total. The molecule has 2 aromatic rings. The van der Waals surface area contributed by atoms with Gasteiger partial charge in [-0.2, -0.15) is 5.10 Å². The van der Waals surface area contributed by atoms with Crippen LogP contribution in [0.1, 0.15) is 30.6 Å². The molecule has 122 valence electrons. The average molecular weight is 313 g/mol. The number of nitrogens with zero attached hydrogens (tertiary/aromatic N) is 4. The summed E-state index contributed by atoms with van der Waals surface area (Å²) in [5.41, 5.74) is 2.12. The van der Waals surface area contributed by atoms with Crippen molar-refractivity contribution in [2.24, 2.45) is 13.0 Å². The Morgan fingerprint density at radius 3 is 3.04 bits per heavy atom. The van der Waals surface area contributed by atoms with Crippen molar-refractivity contribution in [2.45, 2.75) is 25.8 Å². The molecule has 1 aliphatic heterocycles. The van der Waals surface area contributed by atoms with Crippen molar-refractivity contribution in [3.63, 3.8) is 0 Å². The first-order valence-corrected chi connectivity index (χ1v) is 8.05. The third-order valence-corrected chi connectivity index (χ3v) is 4.33. The second-order valence-electron chi connectivity index (χ2n) is 6.25. The van der Waals surface area contributed by atoms with E-state index >= 15 is 0 Å². The van der Waals surface area contributed by atoms with Crippen LogP contribution in [0.3, 0.4) is 0 Å². The van der Waals surface area contributed by atoms with Gasteiger partial charge in [0.05, 0.1) is 17.9 Å². The molecule has 0 spiro atoms. The highest BCUT2D eigenvalue weighted by Gasteiger charge is 2.27. The van der Waals surface area contributed by atoms with Gasteiger partial charge < -0.3 is 10.2 Å². The summed E-state index contributed by atoms with van der Waals surface area (Å²) in [6.07, 6.45) is 7.73. The Labute approximate surface area is 136 Å². The largest absolute Gasteiger partial charge is 0.330 e. The van der Waals surface area contributed by atoms with Crippen molar-refractivity contribution in [3.05, 3.63) is 48.0 Å². The van der Waals surface area contributed by atoms with Gasteiger partial charge in [-0.1, -0.05) is 6.07 Å².